The number of halogens is 2. The molecule has 3 rings (SSSR count). The van der Waals surface area contributed by atoms with Crippen LogP contribution in [0.1, 0.15) is 11.3 Å². The quantitative estimate of drug-likeness (QED) is 0.693. The average Bonchev–Trinajstić information content (AvgIpc) is 2.63. The van der Waals surface area contributed by atoms with Crippen LogP contribution >= 0.6 is 0 Å². The Kier molecular flexibility index (Phi) is 5.35. The molecule has 27 heavy (non-hydrogen) atoms. The Morgan fingerprint density at radius 3 is 2.56 bits per heavy atom. The number of carbonyl (C=O) groups is 2. The first-order valence-electron chi connectivity index (χ1n) is 8.09. The number of aliphatic carboxylic acids is 1. The summed E-state index contributed by atoms with van der Waals surface area (Å²) in [4.78, 5) is 32.1. The summed E-state index contributed by atoms with van der Waals surface area (Å²) in [6, 6.07) is 8.72. The third-order valence-corrected chi connectivity index (χ3v) is 3.91. The minimum absolute atomic E-state index is 0.0245. The Bertz CT molecular complexity index is 1010. The molecule has 138 valence electrons. The number of para-hydroxylation sites is 2. The molecule has 0 aliphatic rings. The van der Waals surface area contributed by atoms with Gasteiger partial charge in [0.05, 0.1) is 23.1 Å². The van der Waals surface area contributed by atoms with Gasteiger partial charge in [-0.3, -0.25) is 9.78 Å². The number of fused-ring (bicyclic) bond motifs is 1. The van der Waals surface area contributed by atoms with Gasteiger partial charge in [-0.15, -0.1) is 0 Å². The van der Waals surface area contributed by atoms with E-state index in [1.165, 1.54) is 6.20 Å². The number of nitrogens with one attached hydrogen (secondary N) is 1. The SMILES string of the molecule is O=C(Cc1ccc(F)cc1F)N[C@H](Cc1cnc2ccccc2n1)C(=O)O. The van der Waals surface area contributed by atoms with Crippen molar-refractivity contribution in [3.8, 4) is 0 Å². The van der Waals surface area contributed by atoms with Crippen molar-refractivity contribution in [1.82, 2.24) is 15.3 Å². The van der Waals surface area contributed by atoms with E-state index in [1.807, 2.05) is 6.07 Å². The minimum atomic E-state index is -1.25. The lowest BCUT2D eigenvalue weighted by molar-refractivity contribution is -0.141. The van der Waals surface area contributed by atoms with Gasteiger partial charge in [0.2, 0.25) is 5.91 Å². The highest BCUT2D eigenvalue weighted by Crippen LogP contribution is 2.12. The van der Waals surface area contributed by atoms with Gasteiger partial charge in [-0.05, 0) is 23.8 Å². The summed E-state index contributed by atoms with van der Waals surface area (Å²) in [5.41, 5.74) is 1.65. The molecule has 1 heterocycles. The summed E-state index contributed by atoms with van der Waals surface area (Å²) >= 11 is 0. The lowest BCUT2D eigenvalue weighted by Gasteiger charge is -2.14. The fourth-order valence-electron chi connectivity index (χ4n) is 2.59. The fraction of sp³-hybridized carbons (Fsp3) is 0.158. The fourth-order valence-corrected chi connectivity index (χ4v) is 2.59. The maximum absolute atomic E-state index is 13.6. The van der Waals surface area contributed by atoms with E-state index < -0.39 is 36.0 Å². The highest BCUT2D eigenvalue weighted by Gasteiger charge is 2.22. The van der Waals surface area contributed by atoms with Gasteiger partial charge in [-0.25, -0.2) is 18.6 Å². The van der Waals surface area contributed by atoms with Gasteiger partial charge >= 0.3 is 5.97 Å². The van der Waals surface area contributed by atoms with Crippen LogP contribution in [-0.4, -0.2) is 33.0 Å². The van der Waals surface area contributed by atoms with Gasteiger partial charge in [0.1, 0.15) is 17.7 Å². The van der Waals surface area contributed by atoms with Crippen molar-refractivity contribution in [2.75, 3.05) is 0 Å². The molecule has 0 aliphatic heterocycles. The first kappa shape index (κ1) is 18.4. The van der Waals surface area contributed by atoms with Gasteiger partial charge in [0, 0.05) is 18.7 Å². The number of nitrogens with zero attached hydrogens (tertiary/aromatic N) is 2. The van der Waals surface area contributed by atoms with E-state index in [4.69, 9.17) is 0 Å². The third-order valence-electron chi connectivity index (χ3n) is 3.91. The smallest absolute Gasteiger partial charge is 0.326 e. The van der Waals surface area contributed by atoms with Crippen molar-refractivity contribution >= 4 is 22.9 Å². The molecule has 8 heteroatoms. The topological polar surface area (TPSA) is 92.2 Å². The van der Waals surface area contributed by atoms with Crippen LogP contribution in [0, 0.1) is 11.6 Å². The number of carboxylic acids is 1. The summed E-state index contributed by atoms with van der Waals surface area (Å²) in [6.07, 6.45) is 0.966. The van der Waals surface area contributed by atoms with Gasteiger partial charge in [0.15, 0.2) is 0 Å². The Morgan fingerprint density at radius 2 is 1.85 bits per heavy atom. The van der Waals surface area contributed by atoms with Crippen molar-refractivity contribution in [3.05, 3.63) is 71.6 Å². The molecule has 0 fully saturated rings. The zero-order chi connectivity index (χ0) is 19.4. The number of hydrogen-bond donors (Lipinski definition) is 2. The Morgan fingerprint density at radius 1 is 1.11 bits per heavy atom. The van der Waals surface area contributed by atoms with E-state index in [-0.39, 0.29) is 12.0 Å². The lowest BCUT2D eigenvalue weighted by Crippen LogP contribution is -2.43. The van der Waals surface area contributed by atoms with E-state index >= 15 is 0 Å². The third kappa shape index (κ3) is 4.60. The average molecular weight is 371 g/mol. The van der Waals surface area contributed by atoms with Crippen LogP contribution < -0.4 is 5.32 Å². The number of benzene rings is 2. The normalized spacial score (nSPS) is 11.9. The second kappa shape index (κ2) is 7.86. The van der Waals surface area contributed by atoms with Crippen LogP contribution in [0.2, 0.25) is 0 Å². The van der Waals surface area contributed by atoms with Gasteiger partial charge < -0.3 is 10.4 Å². The van der Waals surface area contributed by atoms with Crippen molar-refractivity contribution < 1.29 is 23.5 Å². The monoisotopic (exact) mass is 371 g/mol. The van der Waals surface area contributed by atoms with E-state index in [0.717, 1.165) is 12.1 Å². The van der Waals surface area contributed by atoms with Gasteiger partial charge in [-0.2, -0.15) is 0 Å². The van der Waals surface area contributed by atoms with Gasteiger partial charge in [-0.1, -0.05) is 18.2 Å². The second-order valence-electron chi connectivity index (χ2n) is 5.93. The summed E-state index contributed by atoms with van der Waals surface area (Å²) in [7, 11) is 0. The van der Waals surface area contributed by atoms with E-state index in [0.29, 0.717) is 22.8 Å². The summed E-state index contributed by atoms with van der Waals surface area (Å²) < 4.78 is 26.6. The Labute approximate surface area is 152 Å². The van der Waals surface area contributed by atoms with Crippen molar-refractivity contribution in [2.45, 2.75) is 18.9 Å². The van der Waals surface area contributed by atoms with Gasteiger partial charge in [0.25, 0.3) is 0 Å². The number of rotatable bonds is 6. The Hall–Kier alpha value is -3.42. The molecule has 0 radical (unpaired) electrons. The largest absolute Gasteiger partial charge is 0.480 e. The molecule has 1 aromatic heterocycles. The van der Waals surface area contributed by atoms with Crippen LogP contribution in [0.4, 0.5) is 8.78 Å². The second-order valence-corrected chi connectivity index (χ2v) is 5.93. The summed E-state index contributed by atoms with van der Waals surface area (Å²) in [5.74, 6) is -3.56. The summed E-state index contributed by atoms with van der Waals surface area (Å²) in [6.45, 7) is 0. The first-order chi connectivity index (χ1) is 12.9. The predicted molar refractivity (Wildman–Crippen MR) is 92.9 cm³/mol. The van der Waals surface area contributed by atoms with Crippen molar-refractivity contribution in [1.29, 1.82) is 0 Å². The molecule has 0 saturated heterocycles. The zero-order valence-corrected chi connectivity index (χ0v) is 14.0. The molecule has 0 bridgehead atoms. The maximum Gasteiger partial charge on any atom is 0.326 e. The van der Waals surface area contributed by atoms with E-state index in [2.05, 4.69) is 15.3 Å². The van der Waals surface area contributed by atoms with Crippen molar-refractivity contribution in [3.63, 3.8) is 0 Å². The summed E-state index contributed by atoms with van der Waals surface area (Å²) in [5, 5.41) is 11.7. The maximum atomic E-state index is 13.6. The van der Waals surface area contributed by atoms with E-state index in [1.54, 1.807) is 18.2 Å². The van der Waals surface area contributed by atoms with Crippen LogP contribution in [0.3, 0.4) is 0 Å². The molecule has 1 atom stereocenters. The first-order valence-corrected chi connectivity index (χ1v) is 8.09. The predicted octanol–water partition coefficient (Wildman–Crippen LogP) is 2.26. The minimum Gasteiger partial charge on any atom is -0.480 e. The molecule has 2 N–H and O–H groups in total. The van der Waals surface area contributed by atoms with Crippen LogP contribution in [0.25, 0.3) is 11.0 Å². The zero-order valence-electron chi connectivity index (χ0n) is 14.0. The molecular weight excluding hydrogens is 356 g/mol. The molecular formula is C19H15F2N3O3. The van der Waals surface area contributed by atoms with Crippen LogP contribution in [0.15, 0.2) is 48.7 Å². The molecule has 1 amide bonds. The lowest BCUT2D eigenvalue weighted by atomic mass is 10.1. The van der Waals surface area contributed by atoms with Crippen LogP contribution in [0.5, 0.6) is 0 Å². The molecule has 0 aliphatic carbocycles. The van der Waals surface area contributed by atoms with E-state index in [9.17, 15) is 23.5 Å². The standard InChI is InChI=1S/C19H15F2N3O3/c20-12-6-5-11(14(21)8-12)7-18(25)24-17(19(26)27)9-13-10-22-15-3-1-2-4-16(15)23-13/h1-6,8,10,17H,7,9H2,(H,24,25)(H,26,27)/t17-/m1/s1. The van der Waals surface area contributed by atoms with Crippen LogP contribution in [-0.2, 0) is 22.4 Å². The molecule has 2 aromatic carbocycles. The number of aromatic nitrogens is 2. The number of hydrogen-bond acceptors (Lipinski definition) is 4. The highest BCUT2D eigenvalue weighted by atomic mass is 19.1. The number of carbonyl (C=O) groups excluding carboxylic acids is 1. The number of carboxylic acid groups (broad SMARTS) is 1. The Balaban J connectivity index is 1.71. The molecule has 0 unspecified atom stereocenters. The molecule has 6 nitrogen and oxygen atoms in total. The highest BCUT2D eigenvalue weighted by molar-refractivity contribution is 5.85. The molecule has 3 aromatic rings. The molecule has 0 saturated carbocycles. The van der Waals surface area contributed by atoms with Crippen molar-refractivity contribution in [2.24, 2.45) is 0 Å². The number of amides is 1. The molecule has 0 spiro atoms.